The zero-order valence-electron chi connectivity index (χ0n) is 18.7. The van der Waals surface area contributed by atoms with Gasteiger partial charge < -0.3 is 20.3 Å². The average molecular weight is 424 g/mol. The molecule has 0 radical (unpaired) electrons. The summed E-state index contributed by atoms with van der Waals surface area (Å²) in [6.45, 7) is 4.85. The molecule has 1 heterocycles. The summed E-state index contributed by atoms with van der Waals surface area (Å²) >= 11 is 0. The smallest absolute Gasteiger partial charge is 0.253 e. The van der Waals surface area contributed by atoms with E-state index in [2.05, 4.69) is 20.6 Å². The molecule has 0 unspecified atom stereocenters. The summed E-state index contributed by atoms with van der Waals surface area (Å²) in [4.78, 5) is 22.7. The van der Waals surface area contributed by atoms with Gasteiger partial charge in [0.2, 0.25) is 5.88 Å². The third-order valence-electron chi connectivity index (χ3n) is 5.01. The number of carbonyl (C=O) groups excluding carboxylic acids is 1. The number of ether oxygens (including phenoxy) is 1. The van der Waals surface area contributed by atoms with Crippen LogP contribution in [0.15, 0.2) is 47.6 Å². The van der Waals surface area contributed by atoms with Crippen LogP contribution in [0.4, 0.5) is 0 Å². The number of aromatic nitrogens is 1. The molecule has 7 heteroatoms. The second kappa shape index (κ2) is 11.3. The van der Waals surface area contributed by atoms with E-state index >= 15 is 0 Å². The third-order valence-corrected chi connectivity index (χ3v) is 5.01. The quantitative estimate of drug-likeness (QED) is 0.454. The predicted octanol–water partition coefficient (Wildman–Crippen LogP) is 2.87. The molecule has 1 aliphatic rings. The molecular weight excluding hydrogens is 390 g/mol. The van der Waals surface area contributed by atoms with Crippen molar-refractivity contribution in [2.75, 3.05) is 33.8 Å². The summed E-state index contributed by atoms with van der Waals surface area (Å²) in [5.74, 6) is 2.15. The first kappa shape index (κ1) is 22.6. The summed E-state index contributed by atoms with van der Waals surface area (Å²) in [6, 6.07) is 11.7. The Hall–Kier alpha value is -3.09. The second-order valence-corrected chi connectivity index (χ2v) is 8.03. The number of hydrogen-bond donors (Lipinski definition) is 2. The van der Waals surface area contributed by atoms with Crippen LogP contribution in [0.1, 0.15) is 41.3 Å². The van der Waals surface area contributed by atoms with E-state index in [0.29, 0.717) is 23.9 Å². The fourth-order valence-corrected chi connectivity index (χ4v) is 3.07. The zero-order valence-corrected chi connectivity index (χ0v) is 18.7. The van der Waals surface area contributed by atoms with Gasteiger partial charge in [-0.3, -0.25) is 4.79 Å². The third kappa shape index (κ3) is 7.59. The molecule has 0 aliphatic heterocycles. The molecule has 1 fully saturated rings. The van der Waals surface area contributed by atoms with Crippen LogP contribution in [-0.4, -0.2) is 55.5 Å². The van der Waals surface area contributed by atoms with Crippen LogP contribution in [0, 0.1) is 5.92 Å². The average Bonchev–Trinajstić information content (AvgIpc) is 3.60. The summed E-state index contributed by atoms with van der Waals surface area (Å²) in [6.07, 6.45) is 5.10. The summed E-state index contributed by atoms with van der Waals surface area (Å²) in [5, 5.41) is 6.65. The van der Waals surface area contributed by atoms with Crippen LogP contribution in [0.25, 0.3) is 0 Å². The number of nitrogens with zero attached hydrogens (tertiary/aromatic N) is 3. The van der Waals surface area contributed by atoms with Gasteiger partial charge in [0, 0.05) is 45.0 Å². The Morgan fingerprint density at radius 2 is 2.03 bits per heavy atom. The van der Waals surface area contributed by atoms with E-state index in [1.165, 1.54) is 12.8 Å². The molecule has 31 heavy (non-hydrogen) atoms. The number of rotatable bonds is 10. The maximum absolute atomic E-state index is 12.2. The number of hydrogen-bond acceptors (Lipinski definition) is 4. The van der Waals surface area contributed by atoms with Crippen molar-refractivity contribution in [3.8, 4) is 5.88 Å². The minimum atomic E-state index is 0.0162. The number of aliphatic imine (C=N–C) groups is 1. The van der Waals surface area contributed by atoms with Crippen LogP contribution < -0.4 is 15.4 Å². The van der Waals surface area contributed by atoms with Crippen LogP contribution in [0.2, 0.25) is 0 Å². The molecule has 166 valence electrons. The van der Waals surface area contributed by atoms with Crippen LogP contribution in [-0.2, 0) is 13.0 Å². The Morgan fingerprint density at radius 3 is 2.77 bits per heavy atom. The highest BCUT2D eigenvalue weighted by Gasteiger charge is 2.22. The monoisotopic (exact) mass is 423 g/mol. The topological polar surface area (TPSA) is 78.9 Å². The predicted molar refractivity (Wildman–Crippen MR) is 123 cm³/mol. The summed E-state index contributed by atoms with van der Waals surface area (Å²) in [7, 11) is 3.53. The van der Waals surface area contributed by atoms with E-state index in [9.17, 15) is 4.79 Å². The molecule has 2 N–H and O–H groups in total. The van der Waals surface area contributed by atoms with Gasteiger partial charge in [0.25, 0.3) is 5.91 Å². The van der Waals surface area contributed by atoms with Crippen LogP contribution in [0.3, 0.4) is 0 Å². The molecule has 2 aromatic rings. The molecule has 1 aromatic heterocycles. The van der Waals surface area contributed by atoms with Gasteiger partial charge in [-0.2, -0.15) is 0 Å². The molecular formula is C24H33N5O2. The van der Waals surface area contributed by atoms with Crippen molar-refractivity contribution >= 4 is 11.9 Å². The summed E-state index contributed by atoms with van der Waals surface area (Å²) in [5.41, 5.74) is 2.89. The molecule has 0 saturated heterocycles. The molecule has 0 spiro atoms. The molecule has 7 nitrogen and oxygen atoms in total. The van der Waals surface area contributed by atoms with E-state index < -0.39 is 0 Å². The summed E-state index contributed by atoms with van der Waals surface area (Å²) < 4.78 is 5.76. The standard InChI is InChI=1S/C24H33N5O2/c1-4-25-24(27-13-10-18-6-5-7-21(14-18)23(30)29(2)3)28-16-20-11-12-26-22(15-20)31-17-19-8-9-19/h5-7,11-12,14-15,19H,4,8-10,13,16-17H2,1-3H3,(H2,25,27,28). The SMILES string of the molecule is CCNC(=NCc1ccnc(OCC2CC2)c1)NCCc1cccc(C(=O)N(C)C)c1. The van der Waals surface area contributed by atoms with Crippen molar-refractivity contribution in [1.82, 2.24) is 20.5 Å². The lowest BCUT2D eigenvalue weighted by Gasteiger charge is -2.13. The van der Waals surface area contributed by atoms with Gasteiger partial charge in [0.05, 0.1) is 13.2 Å². The number of carbonyl (C=O) groups is 1. The lowest BCUT2D eigenvalue weighted by Crippen LogP contribution is -2.38. The van der Waals surface area contributed by atoms with Crippen molar-refractivity contribution in [3.05, 3.63) is 59.3 Å². The van der Waals surface area contributed by atoms with E-state index in [1.54, 1.807) is 25.2 Å². The number of amides is 1. The Bertz CT molecular complexity index is 893. The molecule has 1 amide bonds. The second-order valence-electron chi connectivity index (χ2n) is 8.03. The maximum Gasteiger partial charge on any atom is 0.253 e. The zero-order chi connectivity index (χ0) is 22.1. The first-order chi connectivity index (χ1) is 15.0. The van der Waals surface area contributed by atoms with E-state index in [1.807, 2.05) is 43.3 Å². The highest BCUT2D eigenvalue weighted by atomic mass is 16.5. The van der Waals surface area contributed by atoms with Gasteiger partial charge in [-0.1, -0.05) is 12.1 Å². The molecule has 0 atom stereocenters. The molecule has 1 aromatic carbocycles. The Kier molecular flexibility index (Phi) is 8.27. The van der Waals surface area contributed by atoms with Crippen molar-refractivity contribution in [2.45, 2.75) is 32.7 Å². The molecule has 1 saturated carbocycles. The first-order valence-electron chi connectivity index (χ1n) is 11.0. The van der Waals surface area contributed by atoms with Gasteiger partial charge in [0.1, 0.15) is 0 Å². The van der Waals surface area contributed by atoms with Crippen molar-refractivity contribution < 1.29 is 9.53 Å². The number of nitrogens with one attached hydrogen (secondary N) is 2. The Morgan fingerprint density at radius 1 is 1.19 bits per heavy atom. The van der Waals surface area contributed by atoms with Gasteiger partial charge in [0.15, 0.2) is 5.96 Å². The minimum Gasteiger partial charge on any atom is -0.477 e. The van der Waals surface area contributed by atoms with Crippen molar-refractivity contribution in [2.24, 2.45) is 10.9 Å². The maximum atomic E-state index is 12.2. The molecule has 0 bridgehead atoms. The van der Waals surface area contributed by atoms with Gasteiger partial charge >= 0.3 is 0 Å². The number of pyridine rings is 1. The fraction of sp³-hybridized carbons (Fsp3) is 0.458. The molecule has 3 rings (SSSR count). The van der Waals surface area contributed by atoms with Gasteiger partial charge in [-0.05, 0) is 61.4 Å². The lowest BCUT2D eigenvalue weighted by atomic mass is 10.1. The van der Waals surface area contributed by atoms with E-state index in [0.717, 1.165) is 43.2 Å². The van der Waals surface area contributed by atoms with E-state index in [4.69, 9.17) is 4.74 Å². The Balaban J connectivity index is 1.52. The first-order valence-corrected chi connectivity index (χ1v) is 11.0. The largest absolute Gasteiger partial charge is 0.477 e. The highest BCUT2D eigenvalue weighted by Crippen LogP contribution is 2.29. The minimum absolute atomic E-state index is 0.0162. The van der Waals surface area contributed by atoms with E-state index in [-0.39, 0.29) is 5.91 Å². The van der Waals surface area contributed by atoms with Gasteiger partial charge in [-0.25, -0.2) is 9.98 Å². The fourth-order valence-electron chi connectivity index (χ4n) is 3.07. The number of guanidine groups is 1. The van der Waals surface area contributed by atoms with Crippen LogP contribution >= 0.6 is 0 Å². The normalized spacial score (nSPS) is 13.6. The van der Waals surface area contributed by atoms with Crippen LogP contribution in [0.5, 0.6) is 5.88 Å². The number of benzene rings is 1. The molecule has 1 aliphatic carbocycles. The van der Waals surface area contributed by atoms with Gasteiger partial charge in [-0.15, -0.1) is 0 Å². The Labute approximate surface area is 184 Å². The lowest BCUT2D eigenvalue weighted by molar-refractivity contribution is 0.0827. The highest BCUT2D eigenvalue weighted by molar-refractivity contribution is 5.94. The van der Waals surface area contributed by atoms with Crippen molar-refractivity contribution in [1.29, 1.82) is 0 Å². The van der Waals surface area contributed by atoms with Crippen molar-refractivity contribution in [3.63, 3.8) is 0 Å².